The molecule has 6 heteroatoms. The van der Waals surface area contributed by atoms with Crippen LogP contribution in [0.25, 0.3) is 0 Å². The molecule has 1 aromatic rings. The maximum absolute atomic E-state index is 13.4. The second-order valence-electron chi connectivity index (χ2n) is 3.52. The number of rotatable bonds is 6. The van der Waals surface area contributed by atoms with Crippen LogP contribution in [0.15, 0.2) is 29.2 Å². The molecular weight excluding hydrogens is 245 g/mol. The van der Waals surface area contributed by atoms with Gasteiger partial charge < -0.3 is 10.5 Å². The van der Waals surface area contributed by atoms with Gasteiger partial charge in [-0.05, 0) is 19.1 Å². The summed E-state index contributed by atoms with van der Waals surface area (Å²) in [6.45, 7) is 2.20. The van der Waals surface area contributed by atoms with Crippen LogP contribution in [0.4, 0.5) is 4.39 Å². The molecule has 0 aliphatic heterocycles. The summed E-state index contributed by atoms with van der Waals surface area (Å²) in [5, 5.41) is 0. The highest BCUT2D eigenvalue weighted by Crippen LogP contribution is 2.16. The Balaban J connectivity index is 2.92. The van der Waals surface area contributed by atoms with E-state index in [4.69, 9.17) is 10.5 Å². The van der Waals surface area contributed by atoms with Gasteiger partial charge in [0, 0.05) is 13.2 Å². The minimum atomic E-state index is -3.70. The summed E-state index contributed by atoms with van der Waals surface area (Å²) < 4.78 is 42.4. The van der Waals surface area contributed by atoms with Crippen molar-refractivity contribution in [2.24, 2.45) is 5.73 Å². The monoisotopic (exact) mass is 261 g/mol. The topological polar surface area (TPSA) is 69.4 Å². The Morgan fingerprint density at radius 2 is 2.06 bits per heavy atom. The zero-order chi connectivity index (χ0) is 12.9. The smallest absolute Gasteiger partial charge is 0.183 e. The van der Waals surface area contributed by atoms with Gasteiger partial charge in [0.25, 0.3) is 0 Å². The van der Waals surface area contributed by atoms with Crippen LogP contribution in [0, 0.1) is 5.82 Å². The molecule has 0 aromatic heterocycles. The molecule has 0 bridgehead atoms. The summed E-state index contributed by atoms with van der Waals surface area (Å²) in [4.78, 5) is -0.307. The zero-order valence-corrected chi connectivity index (χ0v) is 10.4. The van der Waals surface area contributed by atoms with E-state index in [0.717, 1.165) is 6.07 Å². The van der Waals surface area contributed by atoms with E-state index in [-0.39, 0.29) is 17.2 Å². The lowest BCUT2D eigenvalue weighted by molar-refractivity contribution is 0.0846. The summed E-state index contributed by atoms with van der Waals surface area (Å²) in [5.74, 6) is -1.06. The van der Waals surface area contributed by atoms with Gasteiger partial charge in [0.05, 0.1) is 11.9 Å². The molecule has 0 aliphatic rings. The first-order chi connectivity index (χ1) is 8.01. The van der Waals surface area contributed by atoms with E-state index in [9.17, 15) is 12.8 Å². The van der Waals surface area contributed by atoms with Crippen molar-refractivity contribution in [2.45, 2.75) is 17.9 Å². The SMILES string of the molecule is CCOC(CN)CS(=O)(=O)c1ccccc1F. The lowest BCUT2D eigenvalue weighted by atomic mass is 10.3. The van der Waals surface area contributed by atoms with E-state index >= 15 is 0 Å². The first-order valence-corrected chi connectivity index (χ1v) is 6.95. The maximum atomic E-state index is 13.4. The van der Waals surface area contributed by atoms with E-state index in [2.05, 4.69) is 0 Å². The average molecular weight is 261 g/mol. The normalized spacial score (nSPS) is 13.6. The van der Waals surface area contributed by atoms with Crippen LogP contribution in [-0.4, -0.2) is 33.4 Å². The minimum absolute atomic E-state index is 0.0848. The number of ether oxygens (including phenoxy) is 1. The Bertz CT molecular complexity index is 462. The molecule has 0 fully saturated rings. The van der Waals surface area contributed by atoms with Crippen LogP contribution in [-0.2, 0) is 14.6 Å². The van der Waals surface area contributed by atoms with E-state index in [1.54, 1.807) is 6.92 Å². The van der Waals surface area contributed by atoms with Crippen molar-refractivity contribution in [3.05, 3.63) is 30.1 Å². The summed E-state index contributed by atoms with van der Waals surface area (Å²) in [6.07, 6.45) is -0.607. The molecule has 1 unspecified atom stereocenters. The van der Waals surface area contributed by atoms with E-state index < -0.39 is 21.8 Å². The number of hydrogen-bond acceptors (Lipinski definition) is 4. The second-order valence-corrected chi connectivity index (χ2v) is 5.53. The number of sulfone groups is 1. The van der Waals surface area contributed by atoms with Gasteiger partial charge >= 0.3 is 0 Å². The second kappa shape index (κ2) is 6.09. The molecule has 1 rings (SSSR count). The summed E-state index contributed by atoms with van der Waals surface area (Å²) in [5.41, 5.74) is 5.40. The van der Waals surface area contributed by atoms with Crippen LogP contribution < -0.4 is 5.73 Å². The highest BCUT2D eigenvalue weighted by atomic mass is 32.2. The first kappa shape index (κ1) is 14.1. The Morgan fingerprint density at radius 3 is 2.59 bits per heavy atom. The molecule has 17 heavy (non-hydrogen) atoms. The highest BCUT2D eigenvalue weighted by Gasteiger charge is 2.23. The van der Waals surface area contributed by atoms with Crippen molar-refractivity contribution in [3.8, 4) is 0 Å². The van der Waals surface area contributed by atoms with Gasteiger partial charge in [0.15, 0.2) is 9.84 Å². The molecule has 96 valence electrons. The third kappa shape index (κ3) is 3.76. The van der Waals surface area contributed by atoms with E-state index in [1.165, 1.54) is 18.2 Å². The number of halogens is 1. The van der Waals surface area contributed by atoms with E-state index in [0.29, 0.717) is 6.61 Å². The lowest BCUT2D eigenvalue weighted by Crippen LogP contribution is -2.31. The third-order valence-electron chi connectivity index (χ3n) is 2.24. The van der Waals surface area contributed by atoms with Gasteiger partial charge in [0.1, 0.15) is 10.7 Å². The summed E-state index contributed by atoms with van der Waals surface area (Å²) in [7, 11) is -3.70. The Hall–Kier alpha value is -0.980. The standard InChI is InChI=1S/C11H16FNO3S/c1-2-16-9(7-13)8-17(14,15)11-6-4-3-5-10(11)12/h3-6,9H,2,7-8,13H2,1H3. The fourth-order valence-electron chi connectivity index (χ4n) is 1.45. The lowest BCUT2D eigenvalue weighted by Gasteiger charge is -2.15. The highest BCUT2D eigenvalue weighted by molar-refractivity contribution is 7.91. The molecule has 2 N–H and O–H groups in total. The molecule has 0 amide bonds. The van der Waals surface area contributed by atoms with Crippen molar-refractivity contribution in [1.82, 2.24) is 0 Å². The zero-order valence-electron chi connectivity index (χ0n) is 9.60. The van der Waals surface area contributed by atoms with Crippen molar-refractivity contribution in [2.75, 3.05) is 18.9 Å². The van der Waals surface area contributed by atoms with Crippen molar-refractivity contribution in [1.29, 1.82) is 0 Å². The van der Waals surface area contributed by atoms with E-state index in [1.807, 2.05) is 0 Å². The molecule has 0 saturated carbocycles. The fourth-order valence-corrected chi connectivity index (χ4v) is 3.00. The molecule has 4 nitrogen and oxygen atoms in total. The third-order valence-corrected chi connectivity index (χ3v) is 4.05. The molecule has 0 aliphatic carbocycles. The predicted molar refractivity (Wildman–Crippen MR) is 62.9 cm³/mol. The Kier molecular flexibility index (Phi) is 5.04. The summed E-state index contributed by atoms with van der Waals surface area (Å²) >= 11 is 0. The average Bonchev–Trinajstić information content (AvgIpc) is 2.28. The molecule has 1 atom stereocenters. The van der Waals surface area contributed by atoms with Crippen LogP contribution >= 0.6 is 0 Å². The molecule has 0 radical (unpaired) electrons. The van der Waals surface area contributed by atoms with Crippen LogP contribution in [0.3, 0.4) is 0 Å². The first-order valence-electron chi connectivity index (χ1n) is 5.30. The van der Waals surface area contributed by atoms with Crippen molar-refractivity contribution in [3.63, 3.8) is 0 Å². The number of nitrogens with two attached hydrogens (primary N) is 1. The van der Waals surface area contributed by atoms with Gasteiger partial charge in [-0.15, -0.1) is 0 Å². The summed E-state index contributed by atoms with van der Waals surface area (Å²) in [6, 6.07) is 5.28. The maximum Gasteiger partial charge on any atom is 0.183 e. The van der Waals surface area contributed by atoms with Crippen LogP contribution in [0.1, 0.15) is 6.92 Å². The van der Waals surface area contributed by atoms with Crippen LogP contribution in [0.5, 0.6) is 0 Å². The number of hydrogen-bond donors (Lipinski definition) is 1. The fraction of sp³-hybridized carbons (Fsp3) is 0.455. The molecule has 0 saturated heterocycles. The minimum Gasteiger partial charge on any atom is -0.376 e. The predicted octanol–water partition coefficient (Wildman–Crippen LogP) is 0.963. The Labute approximate surface area is 101 Å². The molecule has 0 heterocycles. The van der Waals surface area contributed by atoms with Gasteiger partial charge in [-0.3, -0.25) is 0 Å². The molecular formula is C11H16FNO3S. The van der Waals surface area contributed by atoms with Gasteiger partial charge in [-0.2, -0.15) is 0 Å². The quantitative estimate of drug-likeness (QED) is 0.828. The van der Waals surface area contributed by atoms with Crippen molar-refractivity contribution < 1.29 is 17.5 Å². The largest absolute Gasteiger partial charge is 0.376 e. The Morgan fingerprint density at radius 1 is 1.41 bits per heavy atom. The number of benzene rings is 1. The molecule has 1 aromatic carbocycles. The van der Waals surface area contributed by atoms with Gasteiger partial charge in [-0.1, -0.05) is 12.1 Å². The van der Waals surface area contributed by atoms with Gasteiger partial charge in [0.2, 0.25) is 0 Å². The van der Waals surface area contributed by atoms with Crippen LogP contribution in [0.2, 0.25) is 0 Å². The van der Waals surface area contributed by atoms with Crippen molar-refractivity contribution >= 4 is 9.84 Å². The van der Waals surface area contributed by atoms with Gasteiger partial charge in [-0.25, -0.2) is 12.8 Å². The molecule has 0 spiro atoms.